The molecule has 1 atom stereocenters. The lowest BCUT2D eigenvalue weighted by atomic mass is 10.0. The van der Waals surface area contributed by atoms with Crippen LogP contribution in [0.1, 0.15) is 25.0 Å². The fraction of sp³-hybridized carbons (Fsp3) is 0.600. The van der Waals surface area contributed by atoms with Crippen LogP contribution in [0.2, 0.25) is 0 Å². The van der Waals surface area contributed by atoms with Gasteiger partial charge < -0.3 is 4.74 Å². The maximum atomic E-state index is 5.33. The highest BCUT2D eigenvalue weighted by atomic mass is 16.5. The van der Waals surface area contributed by atoms with E-state index in [0.29, 0.717) is 5.92 Å². The molecule has 0 radical (unpaired) electrons. The zero-order chi connectivity index (χ0) is 13.8. The van der Waals surface area contributed by atoms with Crippen molar-refractivity contribution in [2.75, 3.05) is 26.8 Å². The van der Waals surface area contributed by atoms with Gasteiger partial charge in [0.15, 0.2) is 0 Å². The van der Waals surface area contributed by atoms with E-state index in [1.165, 1.54) is 19.3 Å². The van der Waals surface area contributed by atoms with Crippen molar-refractivity contribution in [1.29, 1.82) is 0 Å². The Morgan fingerprint density at radius 2 is 2.35 bits per heavy atom. The van der Waals surface area contributed by atoms with Crippen molar-refractivity contribution >= 4 is 5.78 Å². The van der Waals surface area contributed by atoms with Crippen LogP contribution in [-0.4, -0.2) is 46.1 Å². The number of imidazole rings is 1. The first-order chi connectivity index (χ1) is 9.85. The zero-order valence-electron chi connectivity index (χ0n) is 12.0. The molecule has 0 spiro atoms. The Kier molecular flexibility index (Phi) is 4.28. The van der Waals surface area contributed by atoms with Gasteiger partial charge in [0.2, 0.25) is 5.78 Å². The van der Waals surface area contributed by atoms with E-state index in [-0.39, 0.29) is 0 Å². The van der Waals surface area contributed by atoms with E-state index in [4.69, 9.17) is 4.74 Å². The lowest BCUT2D eigenvalue weighted by molar-refractivity contribution is 0.123. The minimum atomic E-state index is 0.651. The predicted molar refractivity (Wildman–Crippen MR) is 77.5 cm³/mol. The highest BCUT2D eigenvalue weighted by Gasteiger charge is 2.19. The van der Waals surface area contributed by atoms with Gasteiger partial charge in [-0.1, -0.05) is 6.42 Å². The van der Waals surface area contributed by atoms with Gasteiger partial charge in [0.1, 0.15) is 0 Å². The molecule has 1 unspecified atom stereocenters. The summed E-state index contributed by atoms with van der Waals surface area (Å²) in [6.45, 7) is 4.03. The van der Waals surface area contributed by atoms with Crippen LogP contribution in [0, 0.1) is 5.92 Å². The van der Waals surface area contributed by atoms with E-state index in [9.17, 15) is 0 Å². The van der Waals surface area contributed by atoms with Crippen molar-refractivity contribution in [2.45, 2.75) is 25.8 Å². The molecule has 0 N–H and O–H groups in total. The van der Waals surface area contributed by atoms with Gasteiger partial charge in [-0.2, -0.15) is 0 Å². The van der Waals surface area contributed by atoms with Crippen LogP contribution in [0.4, 0.5) is 0 Å². The van der Waals surface area contributed by atoms with Gasteiger partial charge in [0.05, 0.1) is 12.3 Å². The van der Waals surface area contributed by atoms with E-state index in [1.54, 1.807) is 13.3 Å². The Morgan fingerprint density at radius 1 is 1.40 bits per heavy atom. The summed E-state index contributed by atoms with van der Waals surface area (Å²) in [5.74, 6) is 1.43. The molecule has 2 aromatic rings. The number of hydrogen-bond donors (Lipinski definition) is 0. The summed E-state index contributed by atoms with van der Waals surface area (Å²) in [7, 11) is 1.79. The van der Waals surface area contributed by atoms with Crippen LogP contribution >= 0.6 is 0 Å². The maximum Gasteiger partial charge on any atom is 0.233 e. The lowest BCUT2D eigenvalue weighted by Gasteiger charge is -2.22. The fourth-order valence-electron chi connectivity index (χ4n) is 3.02. The first-order valence-corrected chi connectivity index (χ1v) is 7.35. The molecule has 20 heavy (non-hydrogen) atoms. The first-order valence-electron chi connectivity index (χ1n) is 7.35. The van der Waals surface area contributed by atoms with Crippen LogP contribution in [0.15, 0.2) is 24.7 Å². The molecular formula is C15H22N4O. The average molecular weight is 274 g/mol. The topological polar surface area (TPSA) is 42.7 Å². The molecule has 1 aliphatic heterocycles. The standard InChI is InChI=1S/C15H22N4O/c1-20-12-13-5-2-3-7-18(9-13)10-14-11-19-8-4-6-16-15(19)17-14/h4,6,8,11,13H,2-3,5,7,9-10,12H2,1H3. The number of likely N-dealkylation sites (tertiary alicyclic amines) is 1. The van der Waals surface area contributed by atoms with E-state index in [0.717, 1.165) is 37.7 Å². The number of aromatic nitrogens is 3. The molecule has 0 aliphatic carbocycles. The normalized spacial score (nSPS) is 21.1. The molecule has 5 nitrogen and oxygen atoms in total. The molecule has 5 heteroatoms. The predicted octanol–water partition coefficient (Wildman–Crippen LogP) is 1.98. The SMILES string of the molecule is COCC1CCCCN(Cc2cn3cccnc3n2)C1. The van der Waals surface area contributed by atoms with Gasteiger partial charge in [-0.05, 0) is 31.4 Å². The molecule has 0 aromatic carbocycles. The third-order valence-electron chi connectivity index (χ3n) is 3.93. The first kappa shape index (κ1) is 13.5. The Labute approximate surface area is 119 Å². The van der Waals surface area contributed by atoms with Crippen molar-refractivity contribution in [3.05, 3.63) is 30.4 Å². The van der Waals surface area contributed by atoms with Gasteiger partial charge in [0.25, 0.3) is 0 Å². The Morgan fingerprint density at radius 3 is 3.20 bits per heavy atom. The van der Waals surface area contributed by atoms with E-state index in [2.05, 4.69) is 21.1 Å². The molecule has 2 aromatic heterocycles. The second-order valence-electron chi connectivity index (χ2n) is 5.61. The van der Waals surface area contributed by atoms with Crippen LogP contribution in [0.25, 0.3) is 5.78 Å². The van der Waals surface area contributed by atoms with Crippen LogP contribution in [0.5, 0.6) is 0 Å². The number of nitrogens with zero attached hydrogens (tertiary/aromatic N) is 4. The van der Waals surface area contributed by atoms with Crippen molar-refractivity contribution in [1.82, 2.24) is 19.3 Å². The van der Waals surface area contributed by atoms with Crippen molar-refractivity contribution in [2.24, 2.45) is 5.92 Å². The second kappa shape index (κ2) is 6.33. The number of ether oxygens (including phenoxy) is 1. The second-order valence-corrected chi connectivity index (χ2v) is 5.61. The zero-order valence-corrected chi connectivity index (χ0v) is 12.0. The minimum Gasteiger partial charge on any atom is -0.384 e. The molecule has 3 heterocycles. The van der Waals surface area contributed by atoms with Crippen LogP contribution in [0.3, 0.4) is 0 Å². The maximum absolute atomic E-state index is 5.33. The third kappa shape index (κ3) is 3.16. The monoisotopic (exact) mass is 274 g/mol. The minimum absolute atomic E-state index is 0.651. The molecule has 0 amide bonds. The quantitative estimate of drug-likeness (QED) is 0.855. The fourth-order valence-corrected chi connectivity index (χ4v) is 3.02. The summed E-state index contributed by atoms with van der Waals surface area (Å²) in [5, 5.41) is 0. The lowest BCUT2D eigenvalue weighted by Crippen LogP contribution is -2.29. The van der Waals surface area contributed by atoms with Gasteiger partial charge in [-0.15, -0.1) is 0 Å². The van der Waals surface area contributed by atoms with E-state index >= 15 is 0 Å². The molecular weight excluding hydrogens is 252 g/mol. The van der Waals surface area contributed by atoms with Crippen molar-refractivity contribution in [3.8, 4) is 0 Å². The van der Waals surface area contributed by atoms with Crippen molar-refractivity contribution < 1.29 is 4.74 Å². The van der Waals surface area contributed by atoms with Gasteiger partial charge >= 0.3 is 0 Å². The highest BCUT2D eigenvalue weighted by molar-refractivity contribution is 5.29. The summed E-state index contributed by atoms with van der Waals surface area (Å²) < 4.78 is 7.31. The average Bonchev–Trinajstić information content (AvgIpc) is 2.72. The van der Waals surface area contributed by atoms with Crippen LogP contribution < -0.4 is 0 Å². The van der Waals surface area contributed by atoms with E-state index < -0.39 is 0 Å². The van der Waals surface area contributed by atoms with Gasteiger partial charge in [-0.25, -0.2) is 9.97 Å². The number of methoxy groups -OCH3 is 1. The molecule has 0 bridgehead atoms. The summed E-state index contributed by atoms with van der Waals surface area (Å²) in [5.41, 5.74) is 1.10. The van der Waals surface area contributed by atoms with Gasteiger partial charge in [-0.3, -0.25) is 9.30 Å². The molecule has 0 saturated carbocycles. The number of fused-ring (bicyclic) bond motifs is 1. The molecule has 1 aliphatic rings. The Balaban J connectivity index is 1.68. The largest absolute Gasteiger partial charge is 0.384 e. The summed E-state index contributed by atoms with van der Waals surface area (Å²) in [6.07, 6.45) is 9.71. The molecule has 3 rings (SSSR count). The Hall–Kier alpha value is -1.46. The number of hydrogen-bond acceptors (Lipinski definition) is 4. The van der Waals surface area contributed by atoms with Crippen LogP contribution in [-0.2, 0) is 11.3 Å². The summed E-state index contributed by atoms with van der Waals surface area (Å²) >= 11 is 0. The number of rotatable bonds is 4. The smallest absolute Gasteiger partial charge is 0.233 e. The third-order valence-corrected chi connectivity index (χ3v) is 3.93. The molecule has 1 saturated heterocycles. The highest BCUT2D eigenvalue weighted by Crippen LogP contribution is 2.18. The summed E-state index contributed by atoms with van der Waals surface area (Å²) in [6, 6.07) is 1.93. The summed E-state index contributed by atoms with van der Waals surface area (Å²) in [4.78, 5) is 11.4. The molecule has 1 fully saturated rings. The molecule has 108 valence electrons. The van der Waals surface area contributed by atoms with Gasteiger partial charge in [0, 0.05) is 38.8 Å². The van der Waals surface area contributed by atoms with Crippen molar-refractivity contribution in [3.63, 3.8) is 0 Å². The Bertz CT molecular complexity index is 521. The van der Waals surface area contributed by atoms with E-state index in [1.807, 2.05) is 16.7 Å².